The van der Waals surface area contributed by atoms with Crippen LogP contribution in [0.3, 0.4) is 0 Å². The van der Waals surface area contributed by atoms with Crippen molar-refractivity contribution in [3.8, 4) is 0 Å². The molecule has 0 radical (unpaired) electrons. The van der Waals surface area contributed by atoms with Crippen LogP contribution in [0.4, 0.5) is 0 Å². The van der Waals surface area contributed by atoms with Crippen LogP contribution >= 0.6 is 11.8 Å². The summed E-state index contributed by atoms with van der Waals surface area (Å²) < 4.78 is 0. The molecule has 3 nitrogen and oxygen atoms in total. The quantitative estimate of drug-likeness (QED) is 0.867. The maximum Gasteiger partial charge on any atom is 0.251 e. The predicted octanol–water partition coefficient (Wildman–Crippen LogP) is 2.20. The summed E-state index contributed by atoms with van der Waals surface area (Å²) in [5.41, 5.74) is 3.34. The molecule has 1 aromatic rings. The number of carbonyl (C=O) groups excluding carboxylic acids is 1. The molecule has 2 N–H and O–H groups in total. The van der Waals surface area contributed by atoms with Gasteiger partial charge in [-0.2, -0.15) is 11.8 Å². The number of nitrogens with one attached hydrogen (secondary N) is 2. The molecule has 0 fully saturated rings. The minimum absolute atomic E-state index is 0.0830. The molecule has 0 saturated carbocycles. The van der Waals surface area contributed by atoms with Gasteiger partial charge in [-0.15, -0.1) is 0 Å². The van der Waals surface area contributed by atoms with Gasteiger partial charge in [0.05, 0.1) is 0 Å². The maximum absolute atomic E-state index is 12.4. The van der Waals surface area contributed by atoms with E-state index in [9.17, 15) is 4.79 Å². The lowest BCUT2D eigenvalue weighted by atomic mass is 9.95. The summed E-state index contributed by atoms with van der Waals surface area (Å²) in [4.78, 5) is 12.4. The second-order valence-electron chi connectivity index (χ2n) is 4.90. The van der Waals surface area contributed by atoms with Crippen LogP contribution in [0.2, 0.25) is 0 Å². The number of fused-ring (bicyclic) bond motifs is 1. The van der Waals surface area contributed by atoms with Gasteiger partial charge in [-0.3, -0.25) is 4.79 Å². The third-order valence-corrected chi connectivity index (χ3v) is 4.32. The minimum Gasteiger partial charge on any atom is -0.348 e. The summed E-state index contributed by atoms with van der Waals surface area (Å²) in [6, 6.07) is 6.30. The van der Waals surface area contributed by atoms with Crippen LogP contribution in [-0.2, 0) is 13.0 Å². The van der Waals surface area contributed by atoms with Crippen molar-refractivity contribution in [1.82, 2.24) is 10.6 Å². The Balaban J connectivity index is 2.15. The van der Waals surface area contributed by atoms with Gasteiger partial charge >= 0.3 is 0 Å². The van der Waals surface area contributed by atoms with Gasteiger partial charge < -0.3 is 10.6 Å². The number of benzene rings is 1. The molecule has 2 rings (SSSR count). The van der Waals surface area contributed by atoms with Crippen LogP contribution in [0.5, 0.6) is 0 Å². The van der Waals surface area contributed by atoms with Crippen LogP contribution in [0.25, 0.3) is 0 Å². The molecule has 1 heterocycles. The summed E-state index contributed by atoms with van der Waals surface area (Å²) in [5.74, 6) is 1.05. The third kappa shape index (κ3) is 3.51. The van der Waals surface area contributed by atoms with E-state index in [1.165, 1.54) is 11.1 Å². The molecule has 19 heavy (non-hydrogen) atoms. The normalized spacial score (nSPS) is 15.7. The largest absolute Gasteiger partial charge is 0.348 e. The van der Waals surface area contributed by atoms with Crippen LogP contribution < -0.4 is 10.6 Å². The molecule has 1 atom stereocenters. The van der Waals surface area contributed by atoms with Crippen molar-refractivity contribution in [3.05, 3.63) is 34.9 Å². The van der Waals surface area contributed by atoms with E-state index < -0.39 is 0 Å². The first-order valence-electron chi connectivity index (χ1n) is 6.87. The Morgan fingerprint density at radius 3 is 3.11 bits per heavy atom. The molecular weight excluding hydrogens is 256 g/mol. The SMILES string of the molecule is CCC(CSC)NC(=O)c1cccc2c1CCNC2. The molecule has 0 bridgehead atoms. The van der Waals surface area contributed by atoms with Gasteiger partial charge in [-0.05, 0) is 42.8 Å². The van der Waals surface area contributed by atoms with Crippen molar-refractivity contribution < 1.29 is 4.79 Å². The lowest BCUT2D eigenvalue weighted by Crippen LogP contribution is -2.37. The van der Waals surface area contributed by atoms with Crippen LogP contribution in [0.15, 0.2) is 18.2 Å². The molecule has 1 aliphatic heterocycles. The topological polar surface area (TPSA) is 41.1 Å². The van der Waals surface area contributed by atoms with E-state index >= 15 is 0 Å². The van der Waals surface area contributed by atoms with Crippen molar-refractivity contribution in [1.29, 1.82) is 0 Å². The van der Waals surface area contributed by atoms with Crippen molar-refractivity contribution in [3.63, 3.8) is 0 Å². The summed E-state index contributed by atoms with van der Waals surface area (Å²) in [6.45, 7) is 3.95. The number of amides is 1. The zero-order valence-electron chi connectivity index (χ0n) is 11.7. The minimum atomic E-state index is 0.0830. The lowest BCUT2D eigenvalue weighted by molar-refractivity contribution is 0.0939. The maximum atomic E-state index is 12.4. The molecule has 1 amide bonds. The van der Waals surface area contributed by atoms with Crippen molar-refractivity contribution in [2.24, 2.45) is 0 Å². The van der Waals surface area contributed by atoms with E-state index in [-0.39, 0.29) is 11.9 Å². The van der Waals surface area contributed by atoms with Crippen molar-refractivity contribution in [2.45, 2.75) is 32.4 Å². The standard InChI is InChI=1S/C15H22N2OS/c1-3-12(10-19-2)17-15(18)14-6-4-5-11-9-16-8-7-13(11)14/h4-6,12,16H,3,7-10H2,1-2H3,(H,17,18). The Kier molecular flexibility index (Phi) is 5.28. The Hall–Kier alpha value is -1.00. The Morgan fingerprint density at radius 1 is 1.53 bits per heavy atom. The Morgan fingerprint density at radius 2 is 2.37 bits per heavy atom. The lowest BCUT2D eigenvalue weighted by Gasteiger charge is -2.22. The van der Waals surface area contributed by atoms with Crippen LogP contribution in [0, 0.1) is 0 Å². The van der Waals surface area contributed by atoms with E-state index in [1.807, 2.05) is 12.1 Å². The smallest absolute Gasteiger partial charge is 0.251 e. The van der Waals surface area contributed by atoms with Gasteiger partial charge in [-0.25, -0.2) is 0 Å². The molecular formula is C15H22N2OS. The highest BCUT2D eigenvalue weighted by Gasteiger charge is 2.18. The molecule has 0 aliphatic carbocycles. The summed E-state index contributed by atoms with van der Waals surface area (Å²) in [5, 5.41) is 6.50. The zero-order valence-corrected chi connectivity index (χ0v) is 12.5. The molecule has 4 heteroatoms. The number of hydrogen-bond donors (Lipinski definition) is 2. The van der Waals surface area contributed by atoms with E-state index in [4.69, 9.17) is 0 Å². The fraction of sp³-hybridized carbons (Fsp3) is 0.533. The van der Waals surface area contributed by atoms with E-state index in [0.29, 0.717) is 0 Å². The van der Waals surface area contributed by atoms with Crippen LogP contribution in [-0.4, -0.2) is 30.5 Å². The fourth-order valence-corrected chi connectivity index (χ4v) is 3.19. The monoisotopic (exact) mass is 278 g/mol. The van der Waals surface area contributed by atoms with E-state index in [2.05, 4.69) is 29.9 Å². The zero-order chi connectivity index (χ0) is 13.7. The molecule has 1 unspecified atom stereocenters. The first-order chi connectivity index (χ1) is 9.26. The fourth-order valence-electron chi connectivity index (χ4n) is 2.47. The van der Waals surface area contributed by atoms with Gasteiger partial charge in [0.2, 0.25) is 0 Å². The second-order valence-corrected chi connectivity index (χ2v) is 5.81. The molecule has 0 spiro atoms. The highest BCUT2D eigenvalue weighted by molar-refractivity contribution is 7.98. The number of carbonyl (C=O) groups is 1. The summed E-state index contributed by atoms with van der Waals surface area (Å²) >= 11 is 1.78. The number of rotatable bonds is 5. The Bertz CT molecular complexity index is 448. The molecule has 0 aromatic heterocycles. The van der Waals surface area contributed by atoms with Gasteiger partial charge in [0.1, 0.15) is 0 Å². The number of thioether (sulfide) groups is 1. The summed E-state index contributed by atoms with van der Waals surface area (Å²) in [6.07, 6.45) is 3.99. The third-order valence-electron chi connectivity index (χ3n) is 3.58. The predicted molar refractivity (Wildman–Crippen MR) is 81.8 cm³/mol. The Labute approximate surface area is 119 Å². The highest BCUT2D eigenvalue weighted by atomic mass is 32.2. The highest BCUT2D eigenvalue weighted by Crippen LogP contribution is 2.19. The number of hydrogen-bond acceptors (Lipinski definition) is 3. The van der Waals surface area contributed by atoms with Crippen LogP contribution in [0.1, 0.15) is 34.8 Å². The average molecular weight is 278 g/mol. The van der Waals surface area contributed by atoms with Crippen molar-refractivity contribution >= 4 is 17.7 Å². The van der Waals surface area contributed by atoms with Crippen molar-refractivity contribution in [2.75, 3.05) is 18.6 Å². The average Bonchev–Trinajstić information content (AvgIpc) is 2.46. The molecule has 0 saturated heterocycles. The van der Waals surface area contributed by atoms with E-state index in [1.54, 1.807) is 11.8 Å². The molecule has 1 aromatic carbocycles. The van der Waals surface area contributed by atoms with Gasteiger partial charge in [-0.1, -0.05) is 19.1 Å². The van der Waals surface area contributed by atoms with E-state index in [0.717, 1.165) is 37.2 Å². The summed E-state index contributed by atoms with van der Waals surface area (Å²) in [7, 11) is 0. The first-order valence-corrected chi connectivity index (χ1v) is 8.27. The van der Waals surface area contributed by atoms with Gasteiger partial charge in [0, 0.05) is 23.9 Å². The second kappa shape index (κ2) is 6.96. The van der Waals surface area contributed by atoms with Gasteiger partial charge in [0.25, 0.3) is 5.91 Å². The van der Waals surface area contributed by atoms with Gasteiger partial charge in [0.15, 0.2) is 0 Å². The first kappa shape index (κ1) is 14.4. The molecule has 1 aliphatic rings. The molecule has 104 valence electrons.